The number of benzene rings is 4. The molecular weight excluding hydrogens is 537 g/mol. The van der Waals surface area contributed by atoms with Gasteiger partial charge in [0.1, 0.15) is 0 Å². The van der Waals surface area contributed by atoms with Crippen LogP contribution in [0.1, 0.15) is 31.9 Å². The van der Waals surface area contributed by atoms with Crippen LogP contribution in [0.15, 0.2) is 97.3 Å². The number of hydrogen-bond acceptors (Lipinski definition) is 3. The maximum atomic E-state index is 13.4. The lowest BCUT2D eigenvalue weighted by atomic mass is 9.86. The summed E-state index contributed by atoms with van der Waals surface area (Å²) in [6.07, 6.45) is -0.819. The van der Waals surface area contributed by atoms with Crippen LogP contribution < -0.4 is 0 Å². The Bertz CT molecular complexity index is 1980. The van der Waals surface area contributed by atoms with Gasteiger partial charge in [0.2, 0.25) is 0 Å². The minimum atomic E-state index is -4.40. The lowest BCUT2D eigenvalue weighted by Crippen LogP contribution is -2.10. The maximum absolute atomic E-state index is 13.4. The molecule has 4 aromatic carbocycles. The van der Waals surface area contributed by atoms with Crippen LogP contribution in [0.4, 0.5) is 13.2 Å². The molecule has 6 heteroatoms. The van der Waals surface area contributed by atoms with E-state index in [-0.39, 0.29) is 5.41 Å². The summed E-state index contributed by atoms with van der Waals surface area (Å²) in [6.45, 7) is 6.64. The van der Waals surface area contributed by atoms with Crippen LogP contribution in [0, 0.1) is 0 Å². The van der Waals surface area contributed by atoms with Crippen molar-refractivity contribution in [1.29, 1.82) is 0 Å². The van der Waals surface area contributed by atoms with E-state index in [1.54, 1.807) is 23.6 Å². The van der Waals surface area contributed by atoms with Crippen molar-refractivity contribution in [3.63, 3.8) is 0 Å². The van der Waals surface area contributed by atoms with E-state index in [1.807, 2.05) is 18.3 Å². The molecular formula is C35H25F3N2S. The van der Waals surface area contributed by atoms with Gasteiger partial charge >= 0.3 is 6.18 Å². The molecule has 0 amide bonds. The first-order valence-corrected chi connectivity index (χ1v) is 14.2. The molecule has 0 bridgehead atoms. The van der Waals surface area contributed by atoms with Crippen LogP contribution in [0.3, 0.4) is 0 Å². The Labute approximate surface area is 239 Å². The largest absolute Gasteiger partial charge is 0.416 e. The molecule has 41 heavy (non-hydrogen) atoms. The second-order valence-corrected chi connectivity index (χ2v) is 12.5. The maximum Gasteiger partial charge on any atom is 0.416 e. The second-order valence-electron chi connectivity index (χ2n) is 11.5. The molecule has 0 fully saturated rings. The fourth-order valence-corrected chi connectivity index (χ4v) is 6.79. The topological polar surface area (TPSA) is 25.8 Å². The molecule has 3 aromatic heterocycles. The number of alkyl halides is 3. The van der Waals surface area contributed by atoms with Crippen LogP contribution in [-0.4, -0.2) is 9.97 Å². The number of aromatic nitrogens is 2. The third kappa shape index (κ3) is 4.43. The highest BCUT2D eigenvalue weighted by molar-refractivity contribution is 7.26. The van der Waals surface area contributed by atoms with Crippen molar-refractivity contribution in [3.05, 3.63) is 108 Å². The van der Waals surface area contributed by atoms with Crippen molar-refractivity contribution in [2.24, 2.45) is 0 Å². The molecule has 0 spiro atoms. The second kappa shape index (κ2) is 9.11. The monoisotopic (exact) mass is 562 g/mol. The summed E-state index contributed by atoms with van der Waals surface area (Å²) in [5.74, 6) is 0. The molecule has 0 N–H and O–H groups in total. The van der Waals surface area contributed by atoms with E-state index < -0.39 is 11.7 Å². The van der Waals surface area contributed by atoms with Crippen LogP contribution >= 0.6 is 11.3 Å². The summed E-state index contributed by atoms with van der Waals surface area (Å²) < 4.78 is 42.3. The van der Waals surface area contributed by atoms with Crippen molar-refractivity contribution in [2.75, 3.05) is 0 Å². The molecule has 7 aromatic rings. The first-order chi connectivity index (χ1) is 19.6. The number of thiophene rings is 1. The Hall–Kier alpha value is -4.29. The molecule has 2 nitrogen and oxygen atoms in total. The Balaban J connectivity index is 1.40. The van der Waals surface area contributed by atoms with Gasteiger partial charge in [-0.2, -0.15) is 13.2 Å². The zero-order valence-electron chi connectivity index (χ0n) is 22.7. The molecule has 0 aliphatic heterocycles. The quantitative estimate of drug-likeness (QED) is 0.209. The van der Waals surface area contributed by atoms with E-state index in [2.05, 4.69) is 74.3 Å². The Morgan fingerprint density at radius 1 is 0.561 bits per heavy atom. The van der Waals surface area contributed by atoms with Gasteiger partial charge in [0.25, 0.3) is 0 Å². The minimum Gasteiger partial charge on any atom is -0.256 e. The number of halogens is 3. The fourth-order valence-electron chi connectivity index (χ4n) is 5.44. The first-order valence-electron chi connectivity index (χ1n) is 13.4. The van der Waals surface area contributed by atoms with Gasteiger partial charge in [-0.15, -0.1) is 11.3 Å². The third-order valence-corrected chi connectivity index (χ3v) is 9.00. The van der Waals surface area contributed by atoms with E-state index >= 15 is 0 Å². The van der Waals surface area contributed by atoms with Gasteiger partial charge in [-0.25, -0.2) is 0 Å². The van der Waals surface area contributed by atoms with Crippen molar-refractivity contribution in [2.45, 2.75) is 32.4 Å². The fraction of sp³-hybridized carbons (Fsp3) is 0.143. The molecule has 0 unspecified atom stereocenters. The molecule has 0 aliphatic rings. The molecule has 0 saturated carbocycles. The first kappa shape index (κ1) is 25.7. The zero-order valence-corrected chi connectivity index (χ0v) is 23.5. The normalized spacial score (nSPS) is 12.6. The van der Waals surface area contributed by atoms with E-state index in [9.17, 15) is 13.2 Å². The summed E-state index contributed by atoms with van der Waals surface area (Å²) >= 11 is 1.67. The molecule has 0 saturated heterocycles. The minimum absolute atomic E-state index is 0.0463. The standard InChI is InChI=1S/C35H25F3N2S/c1-34(2,3)24-12-10-20-18-39-30(16-22(20)14-24)28-8-4-6-26-27-7-5-9-29(33(27)41-32(26)28)31-17-23-15-25(35(36,37)38)13-11-21(23)19-40-31/h4-19H,1-3H3. The highest BCUT2D eigenvalue weighted by Gasteiger charge is 2.30. The zero-order chi connectivity index (χ0) is 28.5. The molecule has 0 radical (unpaired) electrons. The number of fused-ring (bicyclic) bond motifs is 5. The average Bonchev–Trinajstić information content (AvgIpc) is 3.34. The lowest BCUT2D eigenvalue weighted by Gasteiger charge is -2.19. The molecule has 0 aliphatic carbocycles. The summed E-state index contributed by atoms with van der Waals surface area (Å²) in [5, 5.41) is 5.65. The highest BCUT2D eigenvalue weighted by Crippen LogP contribution is 2.44. The number of rotatable bonds is 2. The van der Waals surface area contributed by atoms with Crippen LogP contribution in [-0.2, 0) is 11.6 Å². The van der Waals surface area contributed by atoms with Gasteiger partial charge in [-0.1, -0.05) is 81.4 Å². The predicted molar refractivity (Wildman–Crippen MR) is 165 cm³/mol. The van der Waals surface area contributed by atoms with Gasteiger partial charge in [0, 0.05) is 54.5 Å². The average molecular weight is 563 g/mol. The summed E-state index contributed by atoms with van der Waals surface area (Å²) in [7, 11) is 0. The Morgan fingerprint density at radius 2 is 1.05 bits per heavy atom. The van der Waals surface area contributed by atoms with Crippen molar-refractivity contribution < 1.29 is 13.2 Å². The summed E-state index contributed by atoms with van der Waals surface area (Å²) in [6, 6.07) is 26.6. The van der Waals surface area contributed by atoms with Crippen molar-refractivity contribution in [1.82, 2.24) is 9.97 Å². The smallest absolute Gasteiger partial charge is 0.256 e. The van der Waals surface area contributed by atoms with Crippen LogP contribution in [0.2, 0.25) is 0 Å². The lowest BCUT2D eigenvalue weighted by molar-refractivity contribution is -0.137. The van der Waals surface area contributed by atoms with Crippen molar-refractivity contribution in [3.8, 4) is 22.5 Å². The molecule has 202 valence electrons. The van der Waals surface area contributed by atoms with Crippen LogP contribution in [0.25, 0.3) is 64.2 Å². The summed E-state index contributed by atoms with van der Waals surface area (Å²) in [4.78, 5) is 9.48. The Morgan fingerprint density at radius 3 is 1.54 bits per heavy atom. The number of pyridine rings is 2. The van der Waals surface area contributed by atoms with Gasteiger partial charge in [0.15, 0.2) is 0 Å². The van der Waals surface area contributed by atoms with Gasteiger partial charge in [-0.05, 0) is 46.0 Å². The van der Waals surface area contributed by atoms with Gasteiger partial charge < -0.3 is 0 Å². The molecule has 7 rings (SSSR count). The highest BCUT2D eigenvalue weighted by atomic mass is 32.1. The SMILES string of the molecule is CC(C)(C)c1ccc2cnc(-c3cccc4c3sc3c(-c5cc6cc(C(F)(F)F)ccc6cn5)cccc34)cc2c1. The molecule has 3 heterocycles. The Kier molecular flexibility index (Phi) is 5.70. The van der Waals surface area contributed by atoms with E-state index in [1.165, 1.54) is 17.7 Å². The predicted octanol–water partition coefficient (Wildman–Crippen LogP) is 10.8. The molecule has 0 atom stereocenters. The third-order valence-electron chi connectivity index (χ3n) is 7.71. The van der Waals surface area contributed by atoms with Gasteiger partial charge in [-0.3, -0.25) is 9.97 Å². The van der Waals surface area contributed by atoms with E-state index in [0.29, 0.717) is 16.5 Å². The van der Waals surface area contributed by atoms with E-state index in [4.69, 9.17) is 4.98 Å². The summed E-state index contributed by atoms with van der Waals surface area (Å²) in [5.41, 5.74) is 4.17. The van der Waals surface area contributed by atoms with Crippen molar-refractivity contribution >= 4 is 53.1 Å². The van der Waals surface area contributed by atoms with E-state index in [0.717, 1.165) is 53.8 Å². The number of hydrogen-bond donors (Lipinski definition) is 0. The van der Waals surface area contributed by atoms with Crippen LogP contribution in [0.5, 0.6) is 0 Å². The van der Waals surface area contributed by atoms with Gasteiger partial charge in [0.05, 0.1) is 17.0 Å². The number of nitrogens with zero attached hydrogens (tertiary/aromatic N) is 2.